The molecule has 0 N–H and O–H groups in total. The second-order valence-electron chi connectivity index (χ2n) is 3.63. The summed E-state index contributed by atoms with van der Waals surface area (Å²) < 4.78 is 41.4. The molecule has 0 heterocycles. The van der Waals surface area contributed by atoms with Crippen LogP contribution in [0.3, 0.4) is 0 Å². The molecule has 0 aliphatic heterocycles. The van der Waals surface area contributed by atoms with Gasteiger partial charge in [-0.05, 0) is 24.0 Å². The van der Waals surface area contributed by atoms with Gasteiger partial charge in [-0.2, -0.15) is 13.2 Å². The fraction of sp³-hybridized carbons (Fsp3) is 0.417. The van der Waals surface area contributed by atoms with Gasteiger partial charge in [0.25, 0.3) is 6.47 Å². The van der Waals surface area contributed by atoms with Gasteiger partial charge in [0.1, 0.15) is 0 Å². The molecule has 0 fully saturated rings. The lowest BCUT2D eigenvalue weighted by Gasteiger charge is -2.11. The van der Waals surface area contributed by atoms with E-state index >= 15 is 0 Å². The van der Waals surface area contributed by atoms with Crippen molar-refractivity contribution in [3.63, 3.8) is 0 Å². The number of benzene rings is 1. The molecule has 0 saturated heterocycles. The van der Waals surface area contributed by atoms with Crippen molar-refractivity contribution < 1.29 is 22.7 Å². The van der Waals surface area contributed by atoms with Crippen molar-refractivity contribution in [1.29, 1.82) is 0 Å². The molecule has 0 aromatic heterocycles. The van der Waals surface area contributed by atoms with Crippen LogP contribution in [0.15, 0.2) is 24.3 Å². The number of hydrogen-bond acceptors (Lipinski definition) is 2. The average molecular weight is 246 g/mol. The summed E-state index contributed by atoms with van der Waals surface area (Å²) in [5.41, 5.74) is 0.936. The molecule has 17 heavy (non-hydrogen) atoms. The molecule has 1 aromatic carbocycles. The van der Waals surface area contributed by atoms with Gasteiger partial charge in [-0.15, -0.1) is 0 Å². The van der Waals surface area contributed by atoms with Gasteiger partial charge < -0.3 is 4.74 Å². The maximum Gasteiger partial charge on any atom is 0.393 e. The van der Waals surface area contributed by atoms with Gasteiger partial charge in [-0.25, -0.2) is 0 Å². The summed E-state index contributed by atoms with van der Waals surface area (Å²) in [7, 11) is 0. The monoisotopic (exact) mass is 246 g/mol. The smallest absolute Gasteiger partial charge is 0.393 e. The summed E-state index contributed by atoms with van der Waals surface area (Å²) in [5, 5.41) is 0. The van der Waals surface area contributed by atoms with Crippen LogP contribution < -0.4 is 0 Å². The minimum atomic E-state index is -4.20. The molecule has 0 aliphatic rings. The van der Waals surface area contributed by atoms with Gasteiger partial charge in [0.05, 0.1) is 13.0 Å². The van der Waals surface area contributed by atoms with Crippen LogP contribution in [0.2, 0.25) is 0 Å². The summed E-state index contributed by atoms with van der Waals surface area (Å²) in [4.78, 5) is 9.90. The highest BCUT2D eigenvalue weighted by atomic mass is 19.4. The predicted octanol–water partition coefficient (Wildman–Crippen LogP) is 2.90. The van der Waals surface area contributed by atoms with Crippen LogP contribution in [0, 0.1) is 0 Å². The lowest BCUT2D eigenvalue weighted by Crippen LogP contribution is -2.13. The first-order valence-corrected chi connectivity index (χ1v) is 5.22. The van der Waals surface area contributed by atoms with E-state index in [0.717, 1.165) is 0 Å². The summed E-state index contributed by atoms with van der Waals surface area (Å²) in [6.45, 7) is 0.561. The van der Waals surface area contributed by atoms with E-state index in [0.29, 0.717) is 24.9 Å². The van der Waals surface area contributed by atoms with E-state index in [1.54, 1.807) is 18.2 Å². The number of rotatable bonds is 6. The average Bonchev–Trinajstić information content (AvgIpc) is 2.24. The number of carbonyl (C=O) groups excluding carboxylic acids is 1. The second-order valence-corrected chi connectivity index (χ2v) is 3.63. The van der Waals surface area contributed by atoms with E-state index in [1.165, 1.54) is 6.07 Å². The minimum Gasteiger partial charge on any atom is -0.468 e. The topological polar surface area (TPSA) is 26.3 Å². The predicted molar refractivity (Wildman–Crippen MR) is 56.5 cm³/mol. The van der Waals surface area contributed by atoms with Crippen molar-refractivity contribution in [2.75, 3.05) is 6.61 Å². The van der Waals surface area contributed by atoms with Crippen LogP contribution in [0.5, 0.6) is 0 Å². The number of hydrogen-bond donors (Lipinski definition) is 0. The number of halogens is 3. The highest BCUT2D eigenvalue weighted by Gasteiger charge is 2.28. The van der Waals surface area contributed by atoms with Gasteiger partial charge in [0.2, 0.25) is 0 Å². The molecule has 5 heteroatoms. The second kappa shape index (κ2) is 6.27. The maximum absolute atomic E-state index is 12.3. The molecule has 0 spiro atoms. The molecule has 0 aliphatic carbocycles. The third kappa shape index (κ3) is 5.38. The van der Waals surface area contributed by atoms with Crippen molar-refractivity contribution in [3.05, 3.63) is 35.4 Å². The standard InChI is InChI=1S/C12H13F3O2/c13-12(14,15)8-11-5-2-1-4-10(11)6-3-7-17-9-16/h1-2,4-5,9H,3,6-8H2. The Morgan fingerprint density at radius 2 is 1.82 bits per heavy atom. The van der Waals surface area contributed by atoms with Crippen LogP contribution in [0.1, 0.15) is 17.5 Å². The molecular formula is C12H13F3O2. The van der Waals surface area contributed by atoms with Crippen molar-refractivity contribution in [2.24, 2.45) is 0 Å². The normalized spacial score (nSPS) is 11.2. The SMILES string of the molecule is O=COCCCc1ccccc1CC(F)(F)F. The first-order valence-electron chi connectivity index (χ1n) is 5.22. The zero-order chi connectivity index (χ0) is 12.7. The Hall–Kier alpha value is -1.52. The number of carbonyl (C=O) groups is 1. The first kappa shape index (κ1) is 13.5. The molecular weight excluding hydrogens is 233 g/mol. The molecule has 0 unspecified atom stereocenters. The molecule has 0 amide bonds. The largest absolute Gasteiger partial charge is 0.468 e. The molecule has 0 saturated carbocycles. The summed E-state index contributed by atoms with van der Waals surface area (Å²) >= 11 is 0. The van der Waals surface area contributed by atoms with E-state index in [-0.39, 0.29) is 12.2 Å². The van der Waals surface area contributed by atoms with E-state index in [4.69, 9.17) is 0 Å². The fourth-order valence-electron chi connectivity index (χ4n) is 1.58. The molecule has 94 valence electrons. The molecule has 1 aromatic rings. The summed E-state index contributed by atoms with van der Waals surface area (Å²) in [5.74, 6) is 0. The number of ether oxygens (including phenoxy) is 1. The quantitative estimate of drug-likeness (QED) is 0.570. The Morgan fingerprint density at radius 3 is 2.41 bits per heavy atom. The third-order valence-electron chi connectivity index (χ3n) is 2.29. The highest BCUT2D eigenvalue weighted by molar-refractivity contribution is 5.36. The Morgan fingerprint density at radius 1 is 1.18 bits per heavy atom. The third-order valence-corrected chi connectivity index (χ3v) is 2.29. The fourth-order valence-corrected chi connectivity index (χ4v) is 1.58. The van der Waals surface area contributed by atoms with Crippen molar-refractivity contribution in [1.82, 2.24) is 0 Å². The lowest BCUT2D eigenvalue weighted by molar-refractivity contribution is -0.129. The van der Waals surface area contributed by atoms with E-state index in [2.05, 4.69) is 4.74 Å². The Labute approximate surface area is 97.4 Å². The van der Waals surface area contributed by atoms with E-state index in [9.17, 15) is 18.0 Å². The van der Waals surface area contributed by atoms with Gasteiger partial charge in [0, 0.05) is 0 Å². The Kier molecular flexibility index (Phi) is 5.00. The Bertz CT molecular complexity index is 361. The van der Waals surface area contributed by atoms with Gasteiger partial charge >= 0.3 is 6.18 Å². The van der Waals surface area contributed by atoms with Gasteiger partial charge in [-0.3, -0.25) is 4.79 Å². The molecule has 2 nitrogen and oxygen atoms in total. The number of aryl methyl sites for hydroxylation is 1. The molecule has 0 atom stereocenters. The van der Waals surface area contributed by atoms with Crippen LogP contribution in [-0.4, -0.2) is 19.3 Å². The van der Waals surface area contributed by atoms with Crippen LogP contribution in [0.25, 0.3) is 0 Å². The maximum atomic E-state index is 12.3. The number of alkyl halides is 3. The van der Waals surface area contributed by atoms with E-state index in [1.807, 2.05) is 0 Å². The van der Waals surface area contributed by atoms with Crippen molar-refractivity contribution >= 4 is 6.47 Å². The van der Waals surface area contributed by atoms with Crippen LogP contribution in [0.4, 0.5) is 13.2 Å². The lowest BCUT2D eigenvalue weighted by atomic mass is 10.0. The summed E-state index contributed by atoms with van der Waals surface area (Å²) in [6.07, 6.45) is -4.12. The van der Waals surface area contributed by atoms with Crippen LogP contribution in [-0.2, 0) is 22.4 Å². The molecule has 1 rings (SSSR count). The van der Waals surface area contributed by atoms with Gasteiger partial charge in [-0.1, -0.05) is 24.3 Å². The van der Waals surface area contributed by atoms with Gasteiger partial charge in [0.15, 0.2) is 0 Å². The van der Waals surface area contributed by atoms with Crippen molar-refractivity contribution in [2.45, 2.75) is 25.4 Å². The highest BCUT2D eigenvalue weighted by Crippen LogP contribution is 2.23. The van der Waals surface area contributed by atoms with E-state index < -0.39 is 12.6 Å². The first-order chi connectivity index (χ1) is 8.03. The molecule has 0 radical (unpaired) electrons. The Balaban J connectivity index is 2.61. The zero-order valence-electron chi connectivity index (χ0n) is 9.17. The zero-order valence-corrected chi connectivity index (χ0v) is 9.17. The molecule has 0 bridgehead atoms. The van der Waals surface area contributed by atoms with Crippen LogP contribution >= 0.6 is 0 Å². The van der Waals surface area contributed by atoms with Crippen molar-refractivity contribution in [3.8, 4) is 0 Å². The summed E-state index contributed by atoms with van der Waals surface area (Å²) in [6, 6.07) is 6.44. The minimum absolute atomic E-state index is 0.226.